The lowest BCUT2D eigenvalue weighted by atomic mass is 10.4. The van der Waals surface area contributed by atoms with E-state index in [2.05, 4.69) is 0 Å². The maximum absolute atomic E-state index is 4.98. The summed E-state index contributed by atoms with van der Waals surface area (Å²) in [6.07, 6.45) is 4.91. The second kappa shape index (κ2) is 13.6. The molecular weight excluding hydrogens is 216 g/mol. The average Bonchev–Trinajstić information content (AvgIpc) is 2.21. The highest BCUT2D eigenvalue weighted by molar-refractivity contribution is 8.76. The van der Waals surface area contributed by atoms with Crippen molar-refractivity contribution in [3.8, 4) is 0 Å². The van der Waals surface area contributed by atoms with Crippen molar-refractivity contribution in [2.45, 2.75) is 25.7 Å². The second-order valence-corrected chi connectivity index (χ2v) is 5.75. The van der Waals surface area contributed by atoms with Crippen LogP contribution < -0.4 is 0 Å². The molecule has 0 aliphatic heterocycles. The Hall–Kier alpha value is 0.620. The summed E-state index contributed by atoms with van der Waals surface area (Å²) in [5.41, 5.74) is 0. The van der Waals surface area contributed by atoms with Crippen LogP contribution in [0.3, 0.4) is 0 Å². The summed E-state index contributed by atoms with van der Waals surface area (Å²) >= 11 is 0. The third-order valence-corrected chi connectivity index (χ3v) is 4.31. The second-order valence-electron chi connectivity index (χ2n) is 3.04. The van der Waals surface area contributed by atoms with E-state index < -0.39 is 0 Å². The lowest BCUT2D eigenvalue weighted by Crippen LogP contribution is -1.90. The topological polar surface area (TPSA) is 18.5 Å². The molecule has 0 aliphatic rings. The number of hydrogen-bond acceptors (Lipinski definition) is 4. The molecule has 0 saturated heterocycles. The molecule has 0 spiro atoms. The Morgan fingerprint density at radius 1 is 0.714 bits per heavy atom. The zero-order valence-electron chi connectivity index (χ0n) is 9.29. The van der Waals surface area contributed by atoms with Crippen LogP contribution in [0.5, 0.6) is 0 Å². The molecule has 86 valence electrons. The van der Waals surface area contributed by atoms with Crippen LogP contribution in [0, 0.1) is 0 Å². The molecule has 0 unspecified atom stereocenters. The number of methoxy groups -OCH3 is 2. The Kier molecular flexibility index (Phi) is 14.2. The van der Waals surface area contributed by atoms with Crippen molar-refractivity contribution >= 4 is 21.6 Å². The Labute approximate surface area is 95.9 Å². The molecule has 0 radical (unpaired) electrons. The fraction of sp³-hybridized carbons (Fsp3) is 1.00. The Morgan fingerprint density at radius 3 is 1.50 bits per heavy atom. The lowest BCUT2D eigenvalue weighted by Gasteiger charge is -2.01. The first-order chi connectivity index (χ1) is 6.91. The predicted molar refractivity (Wildman–Crippen MR) is 67.1 cm³/mol. The maximum Gasteiger partial charge on any atom is 0.0462 e. The van der Waals surface area contributed by atoms with E-state index in [1.54, 1.807) is 14.2 Å². The van der Waals surface area contributed by atoms with Crippen LogP contribution in [0.15, 0.2) is 0 Å². The third kappa shape index (κ3) is 12.6. The highest BCUT2D eigenvalue weighted by atomic mass is 33.1. The molecule has 4 heteroatoms. The van der Waals surface area contributed by atoms with Crippen molar-refractivity contribution in [1.82, 2.24) is 0 Å². The number of hydrogen-bond donors (Lipinski definition) is 0. The smallest absolute Gasteiger partial charge is 0.0462 e. The Bertz CT molecular complexity index is 90.1. The van der Waals surface area contributed by atoms with Gasteiger partial charge >= 0.3 is 0 Å². The summed E-state index contributed by atoms with van der Waals surface area (Å²) < 4.78 is 9.97. The lowest BCUT2D eigenvalue weighted by molar-refractivity contribution is 0.194. The molecule has 0 fully saturated rings. The summed E-state index contributed by atoms with van der Waals surface area (Å²) in [5.74, 6) is 2.50. The molecule has 0 N–H and O–H groups in total. The number of unbranched alkanes of at least 4 members (excludes halogenated alkanes) is 2. The minimum atomic E-state index is 0.902. The first kappa shape index (κ1) is 14.6. The van der Waals surface area contributed by atoms with E-state index in [-0.39, 0.29) is 0 Å². The van der Waals surface area contributed by atoms with E-state index in [0.717, 1.165) is 13.2 Å². The molecule has 0 atom stereocenters. The van der Waals surface area contributed by atoms with Gasteiger partial charge in [-0.25, -0.2) is 0 Å². The van der Waals surface area contributed by atoms with E-state index >= 15 is 0 Å². The van der Waals surface area contributed by atoms with Gasteiger partial charge in [0.25, 0.3) is 0 Å². The van der Waals surface area contributed by atoms with Crippen molar-refractivity contribution in [2.75, 3.05) is 38.9 Å². The molecule has 0 rings (SSSR count). The van der Waals surface area contributed by atoms with Gasteiger partial charge in [0.1, 0.15) is 0 Å². The predicted octanol–water partition coefficient (Wildman–Crippen LogP) is 3.22. The summed E-state index contributed by atoms with van der Waals surface area (Å²) in [5, 5.41) is 0. The molecule has 0 amide bonds. The highest BCUT2D eigenvalue weighted by Crippen LogP contribution is 2.23. The largest absolute Gasteiger partial charge is 0.385 e. The van der Waals surface area contributed by atoms with Gasteiger partial charge in [0.15, 0.2) is 0 Å². The van der Waals surface area contributed by atoms with Crippen LogP contribution in [0.4, 0.5) is 0 Å². The molecular formula is C10H22O2S2. The third-order valence-electron chi connectivity index (χ3n) is 1.74. The van der Waals surface area contributed by atoms with Gasteiger partial charge in [-0.15, -0.1) is 0 Å². The SMILES string of the molecule is COCCCCSSCCCCOC. The van der Waals surface area contributed by atoms with Crippen molar-refractivity contribution < 1.29 is 9.47 Å². The zero-order valence-corrected chi connectivity index (χ0v) is 10.9. The van der Waals surface area contributed by atoms with E-state index in [0.29, 0.717) is 0 Å². The van der Waals surface area contributed by atoms with Crippen LogP contribution >= 0.6 is 21.6 Å². The van der Waals surface area contributed by atoms with Crippen molar-refractivity contribution in [2.24, 2.45) is 0 Å². The summed E-state index contributed by atoms with van der Waals surface area (Å²) in [7, 11) is 7.49. The molecule has 14 heavy (non-hydrogen) atoms. The van der Waals surface area contributed by atoms with Gasteiger partial charge in [-0.05, 0) is 25.7 Å². The summed E-state index contributed by atoms with van der Waals surface area (Å²) in [4.78, 5) is 0. The first-order valence-electron chi connectivity index (χ1n) is 5.14. The van der Waals surface area contributed by atoms with Crippen molar-refractivity contribution in [3.05, 3.63) is 0 Å². The Morgan fingerprint density at radius 2 is 1.14 bits per heavy atom. The van der Waals surface area contributed by atoms with Crippen molar-refractivity contribution in [3.63, 3.8) is 0 Å². The first-order valence-corrected chi connectivity index (χ1v) is 7.63. The van der Waals surface area contributed by atoms with Gasteiger partial charge in [-0.1, -0.05) is 21.6 Å². The van der Waals surface area contributed by atoms with Crippen LogP contribution in [-0.2, 0) is 9.47 Å². The molecule has 0 bridgehead atoms. The number of rotatable bonds is 11. The van der Waals surface area contributed by atoms with E-state index in [9.17, 15) is 0 Å². The molecule has 0 heterocycles. The van der Waals surface area contributed by atoms with Gasteiger partial charge in [0.2, 0.25) is 0 Å². The van der Waals surface area contributed by atoms with E-state index in [1.165, 1.54) is 37.2 Å². The number of ether oxygens (including phenoxy) is 2. The normalized spacial score (nSPS) is 10.7. The van der Waals surface area contributed by atoms with Gasteiger partial charge < -0.3 is 9.47 Å². The summed E-state index contributed by atoms with van der Waals surface area (Å²) in [6.45, 7) is 1.80. The molecule has 2 nitrogen and oxygen atoms in total. The van der Waals surface area contributed by atoms with E-state index in [1.807, 2.05) is 21.6 Å². The van der Waals surface area contributed by atoms with E-state index in [4.69, 9.17) is 9.47 Å². The quantitative estimate of drug-likeness (QED) is 0.406. The highest BCUT2D eigenvalue weighted by Gasteiger charge is 1.92. The molecule has 0 saturated carbocycles. The van der Waals surface area contributed by atoms with Crippen LogP contribution in [0.25, 0.3) is 0 Å². The molecule has 0 aliphatic carbocycles. The average molecular weight is 238 g/mol. The van der Waals surface area contributed by atoms with Gasteiger partial charge in [0.05, 0.1) is 0 Å². The molecule has 0 aromatic rings. The molecule has 0 aromatic carbocycles. The minimum Gasteiger partial charge on any atom is -0.385 e. The standard InChI is InChI=1S/C10H22O2S2/c1-11-7-3-5-9-13-14-10-6-4-8-12-2/h3-10H2,1-2H3. The maximum atomic E-state index is 4.98. The summed E-state index contributed by atoms with van der Waals surface area (Å²) in [6, 6.07) is 0. The monoisotopic (exact) mass is 238 g/mol. The van der Waals surface area contributed by atoms with Crippen LogP contribution in [-0.4, -0.2) is 38.9 Å². The Balaban J connectivity index is 2.78. The minimum absolute atomic E-state index is 0.902. The zero-order chi connectivity index (χ0) is 10.5. The fourth-order valence-corrected chi connectivity index (χ4v) is 3.23. The van der Waals surface area contributed by atoms with Gasteiger partial charge in [0, 0.05) is 38.9 Å². The van der Waals surface area contributed by atoms with Crippen molar-refractivity contribution in [1.29, 1.82) is 0 Å². The fourth-order valence-electron chi connectivity index (χ4n) is 0.933. The van der Waals surface area contributed by atoms with Crippen LogP contribution in [0.1, 0.15) is 25.7 Å². The van der Waals surface area contributed by atoms with Gasteiger partial charge in [-0.3, -0.25) is 0 Å². The molecule has 0 aromatic heterocycles. The van der Waals surface area contributed by atoms with Crippen LogP contribution in [0.2, 0.25) is 0 Å². The van der Waals surface area contributed by atoms with Gasteiger partial charge in [-0.2, -0.15) is 0 Å².